The molecular formula is C9H7IOS2. The predicted octanol–water partition coefficient (Wildman–Crippen LogP) is 3.29. The molecule has 0 atom stereocenters. The maximum Gasteiger partial charge on any atom is 0.0696 e. The summed E-state index contributed by atoms with van der Waals surface area (Å²) in [5.74, 6) is 0. The third-order valence-corrected chi connectivity index (χ3v) is 4.10. The van der Waals surface area contributed by atoms with E-state index in [9.17, 15) is 0 Å². The first-order chi connectivity index (χ1) is 6.22. The lowest BCUT2D eigenvalue weighted by molar-refractivity contribution is 0.283. The molecule has 0 aliphatic carbocycles. The second-order valence-corrected chi connectivity index (χ2v) is 5.33. The Bertz CT molecular complexity index is 450. The van der Waals surface area contributed by atoms with Crippen molar-refractivity contribution in [3.05, 3.63) is 26.6 Å². The molecule has 2 rings (SSSR count). The van der Waals surface area contributed by atoms with Crippen LogP contribution in [0.25, 0.3) is 10.1 Å². The van der Waals surface area contributed by atoms with Gasteiger partial charge in [0.05, 0.1) is 6.61 Å². The Kier molecular flexibility index (Phi) is 2.83. The zero-order valence-electron chi connectivity index (χ0n) is 6.62. The van der Waals surface area contributed by atoms with Crippen LogP contribution in [0, 0.1) is 3.57 Å². The molecule has 0 saturated heterocycles. The molecule has 13 heavy (non-hydrogen) atoms. The Hall–Kier alpha value is 0.220. The van der Waals surface area contributed by atoms with Crippen LogP contribution < -0.4 is 0 Å². The fourth-order valence-electron chi connectivity index (χ4n) is 1.28. The van der Waals surface area contributed by atoms with Gasteiger partial charge in [-0.05, 0) is 40.3 Å². The van der Waals surface area contributed by atoms with Crippen molar-refractivity contribution in [1.82, 2.24) is 0 Å². The van der Waals surface area contributed by atoms with Crippen LogP contribution in [-0.2, 0) is 6.61 Å². The number of benzene rings is 1. The highest BCUT2D eigenvalue weighted by Gasteiger charge is 2.06. The average Bonchev–Trinajstić information content (AvgIpc) is 2.47. The van der Waals surface area contributed by atoms with Crippen molar-refractivity contribution in [1.29, 1.82) is 0 Å². The minimum Gasteiger partial charge on any atom is -0.392 e. The number of halogens is 1. The van der Waals surface area contributed by atoms with E-state index in [2.05, 4.69) is 41.3 Å². The SMILES string of the molecule is OCc1cc(I)cc2c(S)csc12. The molecule has 0 bridgehead atoms. The number of thiophene rings is 1. The summed E-state index contributed by atoms with van der Waals surface area (Å²) in [5, 5.41) is 12.3. The highest BCUT2D eigenvalue weighted by molar-refractivity contribution is 14.1. The summed E-state index contributed by atoms with van der Waals surface area (Å²) in [5.41, 5.74) is 0.993. The van der Waals surface area contributed by atoms with Gasteiger partial charge in [0, 0.05) is 23.9 Å². The van der Waals surface area contributed by atoms with Gasteiger partial charge >= 0.3 is 0 Å². The summed E-state index contributed by atoms with van der Waals surface area (Å²) < 4.78 is 2.29. The summed E-state index contributed by atoms with van der Waals surface area (Å²) in [6.45, 7) is 0.0983. The molecule has 0 aliphatic heterocycles. The zero-order chi connectivity index (χ0) is 9.42. The van der Waals surface area contributed by atoms with Crippen molar-refractivity contribution in [2.75, 3.05) is 0 Å². The van der Waals surface area contributed by atoms with Gasteiger partial charge in [-0.25, -0.2) is 0 Å². The van der Waals surface area contributed by atoms with Gasteiger partial charge in [0.1, 0.15) is 0 Å². The van der Waals surface area contributed by atoms with Crippen LogP contribution in [-0.4, -0.2) is 5.11 Å². The summed E-state index contributed by atoms with van der Waals surface area (Å²) >= 11 is 8.25. The van der Waals surface area contributed by atoms with Crippen molar-refractivity contribution in [3.8, 4) is 0 Å². The molecule has 0 amide bonds. The molecule has 4 heteroatoms. The largest absolute Gasteiger partial charge is 0.392 e. The molecule has 1 aromatic heterocycles. The van der Waals surface area contributed by atoms with E-state index < -0.39 is 0 Å². The number of rotatable bonds is 1. The normalized spacial score (nSPS) is 11.0. The molecular weight excluding hydrogens is 315 g/mol. The van der Waals surface area contributed by atoms with Crippen molar-refractivity contribution in [2.24, 2.45) is 0 Å². The first-order valence-corrected chi connectivity index (χ1v) is 6.12. The van der Waals surface area contributed by atoms with Crippen LogP contribution in [0.4, 0.5) is 0 Å². The lowest BCUT2D eigenvalue weighted by Gasteiger charge is -2.00. The molecule has 0 aliphatic rings. The van der Waals surface area contributed by atoms with Gasteiger partial charge in [-0.2, -0.15) is 0 Å². The summed E-state index contributed by atoms with van der Waals surface area (Å²) in [7, 11) is 0. The fraction of sp³-hybridized carbons (Fsp3) is 0.111. The van der Waals surface area contributed by atoms with Gasteiger partial charge in [-0.15, -0.1) is 24.0 Å². The van der Waals surface area contributed by atoms with E-state index in [0.29, 0.717) is 0 Å². The molecule has 0 fully saturated rings. The van der Waals surface area contributed by atoms with Crippen LogP contribution in [0.15, 0.2) is 22.4 Å². The lowest BCUT2D eigenvalue weighted by Crippen LogP contribution is -1.84. The van der Waals surface area contributed by atoms with E-state index in [1.165, 1.54) is 0 Å². The molecule has 0 radical (unpaired) electrons. The molecule has 0 saturated carbocycles. The number of fused-ring (bicyclic) bond motifs is 1. The number of hydrogen-bond acceptors (Lipinski definition) is 3. The maximum atomic E-state index is 9.15. The van der Waals surface area contributed by atoms with Gasteiger partial charge in [0.2, 0.25) is 0 Å². The topological polar surface area (TPSA) is 20.2 Å². The molecule has 2 aromatic rings. The first kappa shape index (κ1) is 9.76. The predicted molar refractivity (Wildman–Crippen MR) is 67.7 cm³/mol. The fourth-order valence-corrected chi connectivity index (χ4v) is 3.30. The highest BCUT2D eigenvalue weighted by atomic mass is 127. The van der Waals surface area contributed by atoms with Gasteiger partial charge in [-0.3, -0.25) is 0 Å². The van der Waals surface area contributed by atoms with Crippen LogP contribution in [0.5, 0.6) is 0 Å². The molecule has 1 aromatic carbocycles. The third kappa shape index (κ3) is 1.72. The molecule has 1 heterocycles. The van der Waals surface area contributed by atoms with Crippen LogP contribution in [0.3, 0.4) is 0 Å². The Balaban J connectivity index is 2.84. The quantitative estimate of drug-likeness (QED) is 0.610. The Morgan fingerprint density at radius 3 is 2.92 bits per heavy atom. The van der Waals surface area contributed by atoms with Crippen molar-refractivity contribution >= 4 is 56.6 Å². The second-order valence-electron chi connectivity index (χ2n) is 2.72. The minimum absolute atomic E-state index is 0.0983. The average molecular weight is 322 g/mol. The number of aliphatic hydroxyl groups excluding tert-OH is 1. The summed E-state index contributed by atoms with van der Waals surface area (Å²) in [6, 6.07) is 4.10. The van der Waals surface area contributed by atoms with Crippen LogP contribution >= 0.6 is 46.6 Å². The molecule has 1 nitrogen and oxygen atoms in total. The number of thiol groups is 1. The third-order valence-electron chi connectivity index (χ3n) is 1.87. The number of aliphatic hydroxyl groups is 1. The smallest absolute Gasteiger partial charge is 0.0696 e. The van der Waals surface area contributed by atoms with Crippen LogP contribution in [0.1, 0.15) is 5.56 Å². The van der Waals surface area contributed by atoms with E-state index in [1.54, 1.807) is 11.3 Å². The summed E-state index contributed by atoms with van der Waals surface area (Å²) in [6.07, 6.45) is 0. The van der Waals surface area contributed by atoms with Crippen molar-refractivity contribution in [3.63, 3.8) is 0 Å². The van der Waals surface area contributed by atoms with Gasteiger partial charge in [-0.1, -0.05) is 0 Å². The van der Waals surface area contributed by atoms with E-state index in [1.807, 2.05) is 11.4 Å². The van der Waals surface area contributed by atoms with E-state index in [0.717, 1.165) is 24.1 Å². The van der Waals surface area contributed by atoms with E-state index >= 15 is 0 Å². The summed E-state index contributed by atoms with van der Waals surface area (Å²) in [4.78, 5) is 0.994. The molecule has 1 N–H and O–H groups in total. The standard InChI is InChI=1S/C9H7IOS2/c10-6-1-5(3-11)9-7(2-6)8(12)4-13-9/h1-2,4,11-12H,3H2. The van der Waals surface area contributed by atoms with Crippen LogP contribution in [0.2, 0.25) is 0 Å². The maximum absolute atomic E-state index is 9.15. The lowest BCUT2D eigenvalue weighted by atomic mass is 10.2. The Morgan fingerprint density at radius 1 is 1.46 bits per heavy atom. The Morgan fingerprint density at radius 2 is 2.23 bits per heavy atom. The number of hydrogen-bond donors (Lipinski definition) is 2. The minimum atomic E-state index is 0.0983. The van der Waals surface area contributed by atoms with Crippen molar-refractivity contribution in [2.45, 2.75) is 11.5 Å². The van der Waals surface area contributed by atoms with Gasteiger partial charge < -0.3 is 5.11 Å². The van der Waals surface area contributed by atoms with Gasteiger partial charge in [0.25, 0.3) is 0 Å². The van der Waals surface area contributed by atoms with E-state index in [4.69, 9.17) is 5.11 Å². The zero-order valence-corrected chi connectivity index (χ0v) is 10.5. The molecule has 0 unspecified atom stereocenters. The highest BCUT2D eigenvalue weighted by Crippen LogP contribution is 2.32. The van der Waals surface area contributed by atoms with Gasteiger partial charge in [0.15, 0.2) is 0 Å². The van der Waals surface area contributed by atoms with E-state index in [-0.39, 0.29) is 6.61 Å². The Labute approximate surface area is 99.3 Å². The first-order valence-electron chi connectivity index (χ1n) is 3.72. The van der Waals surface area contributed by atoms with Crippen molar-refractivity contribution < 1.29 is 5.11 Å². The monoisotopic (exact) mass is 322 g/mol. The molecule has 68 valence electrons. The molecule has 0 spiro atoms. The second kappa shape index (κ2) is 3.76.